The second-order valence-corrected chi connectivity index (χ2v) is 6.61. The summed E-state index contributed by atoms with van der Waals surface area (Å²) in [6.07, 6.45) is 4.38. The maximum Gasteiger partial charge on any atom is 0.244 e. The quantitative estimate of drug-likeness (QED) is 0.518. The predicted molar refractivity (Wildman–Crippen MR) is 103 cm³/mol. The molecule has 0 atom stereocenters. The average Bonchev–Trinajstić information content (AvgIpc) is 3.37. The lowest BCUT2D eigenvalue weighted by Crippen LogP contribution is -2.17. The van der Waals surface area contributed by atoms with Crippen molar-refractivity contribution in [3.63, 3.8) is 0 Å². The van der Waals surface area contributed by atoms with Crippen molar-refractivity contribution >= 4 is 11.6 Å². The largest absolute Gasteiger partial charge is 0.327 e. The fraction of sp³-hybridized carbons (Fsp3) is 0.0952. The molecule has 0 bridgehead atoms. The van der Waals surface area contributed by atoms with E-state index >= 15 is 0 Å². The number of carbonyl (C=O) groups excluding carboxylic acids is 1. The maximum atomic E-state index is 12.2. The minimum Gasteiger partial charge on any atom is -0.327 e. The Morgan fingerprint density at radius 3 is 2.81 bits per heavy atom. The van der Waals surface area contributed by atoms with Gasteiger partial charge in [0.1, 0.15) is 17.9 Å². The smallest absolute Gasteiger partial charge is 0.244 e. The van der Waals surface area contributed by atoms with Gasteiger partial charge in [0.05, 0.1) is 12.0 Å². The highest BCUT2D eigenvalue weighted by Crippen LogP contribution is 2.39. The molecule has 6 heteroatoms. The summed E-state index contributed by atoms with van der Waals surface area (Å²) in [6.45, 7) is 0.203. The first kappa shape index (κ1) is 15.6. The molecule has 0 aliphatic heterocycles. The number of hydrogen-bond acceptors (Lipinski definition) is 3. The van der Waals surface area contributed by atoms with Crippen LogP contribution in [0.1, 0.15) is 11.1 Å². The van der Waals surface area contributed by atoms with Crippen LogP contribution >= 0.6 is 0 Å². The molecule has 0 radical (unpaired) electrons. The van der Waals surface area contributed by atoms with E-state index in [-0.39, 0.29) is 12.5 Å². The number of hydrogen-bond donors (Lipinski definition) is 2. The molecular weight excluding hydrogens is 338 g/mol. The zero-order valence-electron chi connectivity index (χ0n) is 14.5. The van der Waals surface area contributed by atoms with E-state index in [1.807, 2.05) is 42.6 Å². The zero-order chi connectivity index (χ0) is 18.2. The van der Waals surface area contributed by atoms with E-state index in [0.29, 0.717) is 0 Å². The summed E-state index contributed by atoms with van der Waals surface area (Å²) in [7, 11) is 0. The SMILES string of the molecule is O=C(Cn1cnc(-c2n[nH]c3c2Cc2ccccc2-3)c1)Nc1ccccc1. The Morgan fingerprint density at radius 1 is 1.11 bits per heavy atom. The molecule has 0 unspecified atom stereocenters. The number of carbonyl (C=O) groups is 1. The van der Waals surface area contributed by atoms with Crippen molar-refractivity contribution in [1.29, 1.82) is 0 Å². The van der Waals surface area contributed by atoms with E-state index in [2.05, 4.69) is 38.7 Å². The normalized spacial score (nSPS) is 11.9. The fourth-order valence-corrected chi connectivity index (χ4v) is 3.54. The highest BCUT2D eigenvalue weighted by Gasteiger charge is 2.25. The molecule has 0 saturated heterocycles. The fourth-order valence-electron chi connectivity index (χ4n) is 3.54. The third-order valence-electron chi connectivity index (χ3n) is 4.78. The van der Waals surface area contributed by atoms with Gasteiger partial charge in [0.25, 0.3) is 0 Å². The molecule has 2 heterocycles. The molecule has 2 aromatic heterocycles. The summed E-state index contributed by atoms with van der Waals surface area (Å²) >= 11 is 0. The number of fused-ring (bicyclic) bond motifs is 3. The van der Waals surface area contributed by atoms with E-state index in [4.69, 9.17) is 0 Å². The first-order chi connectivity index (χ1) is 13.3. The van der Waals surface area contributed by atoms with E-state index < -0.39 is 0 Å². The lowest BCUT2D eigenvalue weighted by Gasteiger charge is -2.05. The Kier molecular flexibility index (Phi) is 3.60. The van der Waals surface area contributed by atoms with Gasteiger partial charge >= 0.3 is 0 Å². The predicted octanol–water partition coefficient (Wildman–Crippen LogP) is 3.48. The molecule has 1 aliphatic rings. The van der Waals surface area contributed by atoms with E-state index in [9.17, 15) is 4.79 Å². The highest BCUT2D eigenvalue weighted by atomic mass is 16.1. The first-order valence-electron chi connectivity index (χ1n) is 8.80. The molecule has 27 heavy (non-hydrogen) atoms. The van der Waals surface area contributed by atoms with Crippen molar-refractivity contribution in [1.82, 2.24) is 19.7 Å². The third kappa shape index (κ3) is 2.81. The van der Waals surface area contributed by atoms with Crippen molar-refractivity contribution in [3.8, 4) is 22.6 Å². The van der Waals surface area contributed by atoms with Gasteiger partial charge in [-0.1, -0.05) is 42.5 Å². The van der Waals surface area contributed by atoms with Gasteiger partial charge in [-0.05, 0) is 17.7 Å². The minimum absolute atomic E-state index is 0.0928. The molecule has 0 saturated carbocycles. The number of nitrogens with zero attached hydrogens (tertiary/aromatic N) is 3. The van der Waals surface area contributed by atoms with Crippen molar-refractivity contribution in [2.75, 3.05) is 5.32 Å². The van der Waals surface area contributed by atoms with Gasteiger partial charge in [-0.2, -0.15) is 5.10 Å². The Hall–Kier alpha value is -3.67. The number of para-hydroxylation sites is 1. The standard InChI is InChI=1S/C21H17N5O/c27-19(23-15-7-2-1-3-8-15)12-26-11-18(22-13-26)21-17-10-14-6-4-5-9-16(14)20(17)24-25-21/h1-9,11,13H,10,12H2,(H,23,27)(H,24,25). The van der Waals surface area contributed by atoms with Crippen LogP contribution < -0.4 is 5.32 Å². The minimum atomic E-state index is -0.0928. The van der Waals surface area contributed by atoms with Gasteiger partial charge in [0.2, 0.25) is 5.91 Å². The van der Waals surface area contributed by atoms with Gasteiger partial charge in [0.15, 0.2) is 0 Å². The van der Waals surface area contributed by atoms with Crippen LogP contribution in [0.15, 0.2) is 67.1 Å². The number of aromatic amines is 1. The number of anilines is 1. The van der Waals surface area contributed by atoms with Gasteiger partial charge in [-0.15, -0.1) is 0 Å². The molecular formula is C21H17N5O. The molecule has 0 spiro atoms. The lowest BCUT2D eigenvalue weighted by atomic mass is 10.1. The second kappa shape index (κ2) is 6.25. The number of nitrogens with one attached hydrogen (secondary N) is 2. The van der Waals surface area contributed by atoms with Crippen molar-refractivity contribution in [3.05, 3.63) is 78.2 Å². The Balaban J connectivity index is 1.35. The summed E-state index contributed by atoms with van der Waals surface area (Å²) in [5.74, 6) is -0.0928. The summed E-state index contributed by atoms with van der Waals surface area (Å²) in [4.78, 5) is 16.7. The summed E-state index contributed by atoms with van der Waals surface area (Å²) < 4.78 is 1.77. The average molecular weight is 355 g/mol. The monoisotopic (exact) mass is 355 g/mol. The number of imidazole rings is 1. The van der Waals surface area contributed by atoms with Gasteiger partial charge in [-0.3, -0.25) is 9.89 Å². The Labute approximate surface area is 155 Å². The van der Waals surface area contributed by atoms with E-state index in [1.54, 1.807) is 10.9 Å². The summed E-state index contributed by atoms with van der Waals surface area (Å²) in [6, 6.07) is 17.8. The first-order valence-corrected chi connectivity index (χ1v) is 8.80. The van der Waals surface area contributed by atoms with Crippen molar-refractivity contribution < 1.29 is 4.79 Å². The molecule has 132 valence electrons. The molecule has 5 rings (SSSR count). The molecule has 6 nitrogen and oxygen atoms in total. The molecule has 0 fully saturated rings. The Bertz CT molecular complexity index is 1130. The van der Waals surface area contributed by atoms with Crippen LogP contribution in [0.5, 0.6) is 0 Å². The van der Waals surface area contributed by atoms with Crippen LogP contribution in [-0.4, -0.2) is 25.7 Å². The zero-order valence-corrected chi connectivity index (χ0v) is 14.5. The van der Waals surface area contributed by atoms with E-state index in [1.165, 1.54) is 11.1 Å². The number of rotatable bonds is 4. The number of amides is 1. The number of benzene rings is 2. The van der Waals surface area contributed by atoms with Crippen LogP contribution in [0.4, 0.5) is 5.69 Å². The molecule has 1 aliphatic carbocycles. The topological polar surface area (TPSA) is 75.6 Å². The van der Waals surface area contributed by atoms with Crippen LogP contribution in [0, 0.1) is 0 Å². The van der Waals surface area contributed by atoms with Crippen molar-refractivity contribution in [2.45, 2.75) is 13.0 Å². The van der Waals surface area contributed by atoms with Gasteiger partial charge in [0, 0.05) is 29.4 Å². The Morgan fingerprint density at radius 2 is 1.93 bits per heavy atom. The van der Waals surface area contributed by atoms with E-state index in [0.717, 1.165) is 34.8 Å². The maximum absolute atomic E-state index is 12.2. The number of H-pyrrole nitrogens is 1. The molecule has 4 aromatic rings. The number of aromatic nitrogens is 4. The highest BCUT2D eigenvalue weighted by molar-refractivity contribution is 5.90. The van der Waals surface area contributed by atoms with Crippen LogP contribution in [0.25, 0.3) is 22.6 Å². The lowest BCUT2D eigenvalue weighted by molar-refractivity contribution is -0.116. The molecule has 1 amide bonds. The summed E-state index contributed by atoms with van der Waals surface area (Å²) in [5.41, 5.74) is 7.13. The molecule has 2 N–H and O–H groups in total. The van der Waals surface area contributed by atoms with Crippen LogP contribution in [-0.2, 0) is 17.8 Å². The van der Waals surface area contributed by atoms with Gasteiger partial charge in [-0.25, -0.2) is 4.98 Å². The van der Waals surface area contributed by atoms with Crippen molar-refractivity contribution in [2.24, 2.45) is 0 Å². The summed E-state index contributed by atoms with van der Waals surface area (Å²) in [5, 5.41) is 10.5. The van der Waals surface area contributed by atoms with Crippen LogP contribution in [0.2, 0.25) is 0 Å². The molecule has 2 aromatic carbocycles. The second-order valence-electron chi connectivity index (χ2n) is 6.61. The van der Waals surface area contributed by atoms with Crippen LogP contribution in [0.3, 0.4) is 0 Å². The third-order valence-corrected chi connectivity index (χ3v) is 4.78. The van der Waals surface area contributed by atoms with Gasteiger partial charge < -0.3 is 9.88 Å².